The van der Waals surface area contributed by atoms with Gasteiger partial charge in [-0.05, 0) is 24.8 Å². The molecule has 1 aromatic heterocycles. The largest absolute Gasteiger partial charge is 0.329 e. The first-order chi connectivity index (χ1) is 8.13. The van der Waals surface area contributed by atoms with Gasteiger partial charge in [-0.1, -0.05) is 12.8 Å². The van der Waals surface area contributed by atoms with Crippen molar-refractivity contribution in [3.8, 4) is 0 Å². The smallest absolute Gasteiger partial charge is 0.257 e. The maximum Gasteiger partial charge on any atom is 0.257 e. The fourth-order valence-corrected chi connectivity index (χ4v) is 3.58. The van der Waals surface area contributed by atoms with E-state index in [0.717, 1.165) is 25.7 Å². The molecule has 7 heteroatoms. The second kappa shape index (κ2) is 5.16. The van der Waals surface area contributed by atoms with Crippen LogP contribution < -0.4 is 10.5 Å². The molecule has 0 radical (unpaired) electrons. The maximum atomic E-state index is 12.0. The third-order valence-corrected chi connectivity index (χ3v) is 4.71. The van der Waals surface area contributed by atoms with E-state index in [1.54, 1.807) is 0 Å². The van der Waals surface area contributed by atoms with Crippen LogP contribution >= 0.6 is 0 Å². The van der Waals surface area contributed by atoms with E-state index in [4.69, 9.17) is 5.73 Å². The number of H-pyrrole nitrogens is 1. The first-order valence-electron chi connectivity index (χ1n) is 5.85. The van der Waals surface area contributed by atoms with Crippen LogP contribution in [0.15, 0.2) is 17.3 Å². The van der Waals surface area contributed by atoms with E-state index >= 15 is 0 Å². The Bertz CT molecular complexity index is 437. The fourth-order valence-electron chi connectivity index (χ4n) is 2.35. The number of nitrogens with zero attached hydrogens (tertiary/aromatic N) is 1. The molecule has 1 fully saturated rings. The SMILES string of the molecule is NCC(NS(=O)(=O)c1ccn[nH]1)C1CCCC1. The number of hydrogen-bond acceptors (Lipinski definition) is 4. The van der Waals surface area contributed by atoms with Crippen molar-refractivity contribution >= 4 is 10.0 Å². The van der Waals surface area contributed by atoms with Gasteiger partial charge in [-0.15, -0.1) is 0 Å². The summed E-state index contributed by atoms with van der Waals surface area (Å²) < 4.78 is 26.6. The lowest BCUT2D eigenvalue weighted by atomic mass is 9.99. The van der Waals surface area contributed by atoms with Gasteiger partial charge in [0.05, 0.1) is 6.20 Å². The molecule has 0 spiro atoms. The predicted octanol–water partition coefficient (Wildman–Crippen LogP) is 0.205. The molecule has 1 aromatic rings. The molecule has 2 rings (SSSR count). The second-order valence-electron chi connectivity index (χ2n) is 4.43. The maximum absolute atomic E-state index is 12.0. The van der Waals surface area contributed by atoms with E-state index < -0.39 is 10.0 Å². The lowest BCUT2D eigenvalue weighted by molar-refractivity contribution is 0.405. The van der Waals surface area contributed by atoms with Crippen molar-refractivity contribution in [1.29, 1.82) is 0 Å². The number of aromatic nitrogens is 2. The summed E-state index contributed by atoms with van der Waals surface area (Å²) in [6, 6.07) is 1.26. The monoisotopic (exact) mass is 258 g/mol. The third kappa shape index (κ3) is 2.85. The first-order valence-corrected chi connectivity index (χ1v) is 7.33. The van der Waals surface area contributed by atoms with Crippen molar-refractivity contribution in [3.63, 3.8) is 0 Å². The Morgan fingerprint density at radius 1 is 1.53 bits per heavy atom. The number of rotatable bonds is 5. The summed E-state index contributed by atoms with van der Waals surface area (Å²) in [6.45, 7) is 0.331. The van der Waals surface area contributed by atoms with Crippen molar-refractivity contribution in [3.05, 3.63) is 12.3 Å². The number of nitrogens with two attached hydrogens (primary N) is 1. The minimum Gasteiger partial charge on any atom is -0.329 e. The summed E-state index contributed by atoms with van der Waals surface area (Å²) in [5.74, 6) is 0.359. The number of hydrogen-bond donors (Lipinski definition) is 3. The van der Waals surface area contributed by atoms with Gasteiger partial charge in [0.15, 0.2) is 5.03 Å². The summed E-state index contributed by atoms with van der Waals surface area (Å²) >= 11 is 0. The van der Waals surface area contributed by atoms with Gasteiger partial charge in [0, 0.05) is 12.6 Å². The van der Waals surface area contributed by atoms with Crippen molar-refractivity contribution in [1.82, 2.24) is 14.9 Å². The molecule has 4 N–H and O–H groups in total. The van der Waals surface area contributed by atoms with Crippen LogP contribution in [-0.4, -0.2) is 31.2 Å². The molecule has 96 valence electrons. The Hall–Kier alpha value is -0.920. The van der Waals surface area contributed by atoms with Gasteiger partial charge in [-0.3, -0.25) is 5.10 Å². The topological polar surface area (TPSA) is 101 Å². The molecule has 1 atom stereocenters. The van der Waals surface area contributed by atoms with Crippen LogP contribution in [-0.2, 0) is 10.0 Å². The molecular formula is C10H18N4O2S. The molecule has 1 aliphatic rings. The zero-order valence-corrected chi connectivity index (χ0v) is 10.4. The van der Waals surface area contributed by atoms with Crippen molar-refractivity contribution in [2.45, 2.75) is 36.8 Å². The Labute approximate surface area is 101 Å². The molecule has 1 saturated carbocycles. The van der Waals surface area contributed by atoms with Gasteiger partial charge in [0.2, 0.25) is 0 Å². The highest BCUT2D eigenvalue weighted by atomic mass is 32.2. The van der Waals surface area contributed by atoms with E-state index in [2.05, 4.69) is 14.9 Å². The van der Waals surface area contributed by atoms with Crippen LogP contribution in [0.2, 0.25) is 0 Å². The van der Waals surface area contributed by atoms with Crippen molar-refractivity contribution < 1.29 is 8.42 Å². The highest BCUT2D eigenvalue weighted by molar-refractivity contribution is 7.89. The number of nitrogens with one attached hydrogen (secondary N) is 2. The van der Waals surface area contributed by atoms with E-state index in [1.165, 1.54) is 12.3 Å². The predicted molar refractivity (Wildman–Crippen MR) is 63.7 cm³/mol. The second-order valence-corrected chi connectivity index (χ2v) is 6.11. The summed E-state index contributed by atoms with van der Waals surface area (Å²) in [7, 11) is -3.51. The number of sulfonamides is 1. The van der Waals surface area contributed by atoms with Gasteiger partial charge in [0.25, 0.3) is 10.0 Å². The van der Waals surface area contributed by atoms with E-state index in [9.17, 15) is 8.42 Å². The fraction of sp³-hybridized carbons (Fsp3) is 0.700. The van der Waals surface area contributed by atoms with Crippen LogP contribution in [0.1, 0.15) is 25.7 Å². The van der Waals surface area contributed by atoms with Gasteiger partial charge >= 0.3 is 0 Å². The Morgan fingerprint density at radius 2 is 2.24 bits per heavy atom. The van der Waals surface area contributed by atoms with Gasteiger partial charge in [0.1, 0.15) is 0 Å². The molecule has 1 unspecified atom stereocenters. The molecule has 0 saturated heterocycles. The summed E-state index contributed by atoms with van der Waals surface area (Å²) in [5, 5.41) is 6.19. The van der Waals surface area contributed by atoms with E-state index in [0.29, 0.717) is 12.5 Å². The Balaban J connectivity index is 2.08. The minimum atomic E-state index is -3.51. The summed E-state index contributed by atoms with van der Waals surface area (Å²) in [6.07, 6.45) is 5.84. The number of aromatic amines is 1. The lowest BCUT2D eigenvalue weighted by Crippen LogP contribution is -2.44. The molecular weight excluding hydrogens is 240 g/mol. The summed E-state index contributed by atoms with van der Waals surface area (Å²) in [5.41, 5.74) is 5.66. The minimum absolute atomic E-state index is 0.0916. The van der Waals surface area contributed by atoms with Crippen molar-refractivity contribution in [2.75, 3.05) is 6.54 Å². The molecule has 1 aliphatic carbocycles. The van der Waals surface area contributed by atoms with Crippen LogP contribution in [0.25, 0.3) is 0 Å². The standard InChI is InChI=1S/C10H18N4O2S/c11-7-9(8-3-1-2-4-8)14-17(15,16)10-5-6-12-13-10/h5-6,8-9,14H,1-4,7,11H2,(H,12,13). The summed E-state index contributed by atoms with van der Waals surface area (Å²) in [4.78, 5) is 0. The van der Waals surface area contributed by atoms with Crippen LogP contribution in [0.3, 0.4) is 0 Å². The van der Waals surface area contributed by atoms with Gasteiger partial charge in [-0.25, -0.2) is 13.1 Å². The van der Waals surface area contributed by atoms with Crippen LogP contribution in [0.4, 0.5) is 0 Å². The molecule has 0 aliphatic heterocycles. The first kappa shape index (κ1) is 12.5. The molecule has 17 heavy (non-hydrogen) atoms. The van der Waals surface area contributed by atoms with Crippen LogP contribution in [0.5, 0.6) is 0 Å². The molecule has 6 nitrogen and oxygen atoms in total. The molecule has 0 aromatic carbocycles. The lowest BCUT2D eigenvalue weighted by Gasteiger charge is -2.22. The zero-order chi connectivity index (χ0) is 12.3. The quantitative estimate of drug-likeness (QED) is 0.702. The van der Waals surface area contributed by atoms with Crippen LogP contribution in [0, 0.1) is 5.92 Å². The Morgan fingerprint density at radius 3 is 2.76 bits per heavy atom. The zero-order valence-electron chi connectivity index (χ0n) is 9.59. The average Bonchev–Trinajstić information content (AvgIpc) is 2.97. The van der Waals surface area contributed by atoms with Gasteiger partial charge < -0.3 is 5.73 Å². The van der Waals surface area contributed by atoms with E-state index in [-0.39, 0.29) is 11.1 Å². The highest BCUT2D eigenvalue weighted by Gasteiger charge is 2.28. The molecule has 0 amide bonds. The van der Waals surface area contributed by atoms with Crippen molar-refractivity contribution in [2.24, 2.45) is 11.7 Å². The average molecular weight is 258 g/mol. The van der Waals surface area contributed by atoms with E-state index in [1.807, 2.05) is 0 Å². The third-order valence-electron chi connectivity index (χ3n) is 3.29. The van der Waals surface area contributed by atoms with Gasteiger partial charge in [-0.2, -0.15) is 5.10 Å². The molecule has 1 heterocycles. The normalized spacial score (nSPS) is 19.6. The Kier molecular flexibility index (Phi) is 3.80. The molecule has 0 bridgehead atoms. The highest BCUT2D eigenvalue weighted by Crippen LogP contribution is 2.28.